The molecule has 3 heterocycles. The number of fused-ring (bicyclic) bond motifs is 3. The Bertz CT molecular complexity index is 722. The summed E-state index contributed by atoms with van der Waals surface area (Å²) in [6.45, 7) is 4.32. The minimum atomic E-state index is -0.106. The number of hydrogen-bond acceptors (Lipinski definition) is 2. The highest BCUT2D eigenvalue weighted by Gasteiger charge is 2.39. The number of nitrogens with zero attached hydrogens (tertiary/aromatic N) is 1. The summed E-state index contributed by atoms with van der Waals surface area (Å²) in [5.74, 6) is 0. The number of anilines is 1. The van der Waals surface area contributed by atoms with Crippen LogP contribution in [-0.4, -0.2) is 37.1 Å². The molecule has 3 fully saturated rings. The molecule has 0 aromatic heterocycles. The number of rotatable bonds is 4. The van der Waals surface area contributed by atoms with Gasteiger partial charge in [-0.05, 0) is 55.9 Å². The van der Waals surface area contributed by atoms with E-state index in [2.05, 4.69) is 27.7 Å². The largest absolute Gasteiger partial charge is 0.337 e. The van der Waals surface area contributed by atoms with Crippen molar-refractivity contribution in [2.24, 2.45) is 5.41 Å². The molecule has 2 N–H and O–H groups in total. The van der Waals surface area contributed by atoms with Crippen LogP contribution in [0, 0.1) is 5.41 Å². The fourth-order valence-electron chi connectivity index (χ4n) is 4.06. The van der Waals surface area contributed by atoms with Gasteiger partial charge in [0, 0.05) is 12.1 Å². The molecule has 2 aromatic rings. The Morgan fingerprint density at radius 3 is 2.28 bits per heavy atom. The Morgan fingerprint density at radius 1 is 0.920 bits per heavy atom. The van der Waals surface area contributed by atoms with Gasteiger partial charge in [-0.25, -0.2) is 4.79 Å². The molecule has 3 aliphatic rings. The highest BCUT2D eigenvalue weighted by Crippen LogP contribution is 2.39. The number of carbonyl (C=O) groups excluding carboxylic acids is 1. The molecule has 0 aliphatic carbocycles. The molecule has 5 rings (SSSR count). The van der Waals surface area contributed by atoms with E-state index in [0.29, 0.717) is 5.41 Å². The number of carbonyl (C=O) groups is 1. The highest BCUT2D eigenvalue weighted by atomic mass is 16.2. The first kappa shape index (κ1) is 16.2. The molecule has 2 aromatic carbocycles. The molecule has 0 unspecified atom stereocenters. The second kappa shape index (κ2) is 6.89. The van der Waals surface area contributed by atoms with Gasteiger partial charge < -0.3 is 15.5 Å². The lowest BCUT2D eigenvalue weighted by atomic mass is 9.72. The van der Waals surface area contributed by atoms with Gasteiger partial charge in [0.25, 0.3) is 0 Å². The molecular weight excluding hydrogens is 310 g/mol. The lowest BCUT2D eigenvalue weighted by Crippen LogP contribution is -2.53. The number of urea groups is 1. The van der Waals surface area contributed by atoms with Crippen molar-refractivity contribution in [1.29, 1.82) is 0 Å². The standard InChI is InChI=1S/C21H25N3O/c25-20(22-16-21-10-13-24(14-11-21)15-12-21)23-19-9-5-4-8-18(19)17-6-2-1-3-7-17/h1-9H,10-16H2,(H2,22,23,25). The first-order valence-electron chi connectivity index (χ1n) is 9.16. The molecule has 0 radical (unpaired) electrons. The van der Waals surface area contributed by atoms with Crippen molar-refractivity contribution < 1.29 is 4.79 Å². The van der Waals surface area contributed by atoms with E-state index >= 15 is 0 Å². The quantitative estimate of drug-likeness (QED) is 0.888. The van der Waals surface area contributed by atoms with E-state index in [4.69, 9.17) is 0 Å². The van der Waals surface area contributed by atoms with Gasteiger partial charge in [-0.15, -0.1) is 0 Å². The Kier molecular flexibility index (Phi) is 4.45. The van der Waals surface area contributed by atoms with Gasteiger partial charge in [-0.1, -0.05) is 48.5 Å². The average molecular weight is 335 g/mol. The fourth-order valence-corrected chi connectivity index (χ4v) is 4.06. The maximum absolute atomic E-state index is 12.5. The zero-order chi connectivity index (χ0) is 17.1. The highest BCUT2D eigenvalue weighted by molar-refractivity contribution is 5.94. The van der Waals surface area contributed by atoms with E-state index in [0.717, 1.165) is 23.4 Å². The molecular formula is C21H25N3O. The summed E-state index contributed by atoms with van der Waals surface area (Å²) in [4.78, 5) is 15.0. The van der Waals surface area contributed by atoms with Crippen LogP contribution < -0.4 is 10.6 Å². The van der Waals surface area contributed by atoms with Gasteiger partial charge in [-0.3, -0.25) is 0 Å². The third-order valence-corrected chi connectivity index (χ3v) is 5.76. The van der Waals surface area contributed by atoms with Crippen molar-refractivity contribution in [1.82, 2.24) is 10.2 Å². The minimum absolute atomic E-state index is 0.106. The van der Waals surface area contributed by atoms with Gasteiger partial charge in [0.15, 0.2) is 0 Å². The smallest absolute Gasteiger partial charge is 0.319 e. The SMILES string of the molecule is O=C(NCC12CCN(CC1)CC2)Nc1ccccc1-c1ccccc1. The number of para-hydroxylation sites is 1. The second-order valence-corrected chi connectivity index (χ2v) is 7.31. The van der Waals surface area contributed by atoms with Crippen LogP contribution in [0.4, 0.5) is 10.5 Å². The van der Waals surface area contributed by atoms with Gasteiger partial charge >= 0.3 is 6.03 Å². The van der Waals surface area contributed by atoms with Crippen LogP contribution in [0.1, 0.15) is 19.3 Å². The van der Waals surface area contributed by atoms with Crippen LogP contribution >= 0.6 is 0 Å². The Morgan fingerprint density at radius 2 is 1.56 bits per heavy atom. The van der Waals surface area contributed by atoms with Crippen molar-refractivity contribution in [2.45, 2.75) is 19.3 Å². The maximum Gasteiger partial charge on any atom is 0.319 e. The molecule has 4 nitrogen and oxygen atoms in total. The summed E-state index contributed by atoms with van der Waals surface area (Å²) in [6.07, 6.45) is 3.61. The van der Waals surface area contributed by atoms with E-state index in [9.17, 15) is 4.79 Å². The molecule has 4 heteroatoms. The summed E-state index contributed by atoms with van der Waals surface area (Å²) in [5.41, 5.74) is 3.31. The van der Waals surface area contributed by atoms with Crippen molar-refractivity contribution in [3.63, 3.8) is 0 Å². The normalized spacial score (nSPS) is 24.7. The van der Waals surface area contributed by atoms with E-state index in [1.807, 2.05) is 42.5 Å². The number of nitrogens with one attached hydrogen (secondary N) is 2. The fraction of sp³-hybridized carbons (Fsp3) is 0.381. The summed E-state index contributed by atoms with van der Waals surface area (Å²) >= 11 is 0. The first-order valence-corrected chi connectivity index (χ1v) is 9.16. The lowest BCUT2D eigenvalue weighted by molar-refractivity contribution is 0.0288. The summed E-state index contributed by atoms with van der Waals surface area (Å²) in [5, 5.41) is 6.17. The predicted molar refractivity (Wildman–Crippen MR) is 102 cm³/mol. The van der Waals surface area contributed by atoms with Gasteiger partial charge in [-0.2, -0.15) is 0 Å². The van der Waals surface area contributed by atoms with E-state index in [1.165, 1.54) is 38.9 Å². The van der Waals surface area contributed by atoms with Crippen LogP contribution in [0.25, 0.3) is 11.1 Å². The third-order valence-electron chi connectivity index (χ3n) is 5.76. The summed E-state index contributed by atoms with van der Waals surface area (Å²) < 4.78 is 0. The monoisotopic (exact) mass is 335 g/mol. The molecule has 25 heavy (non-hydrogen) atoms. The zero-order valence-corrected chi connectivity index (χ0v) is 14.5. The van der Waals surface area contributed by atoms with Crippen LogP contribution in [0.2, 0.25) is 0 Å². The van der Waals surface area contributed by atoms with Crippen LogP contribution in [-0.2, 0) is 0 Å². The van der Waals surface area contributed by atoms with Crippen LogP contribution in [0.5, 0.6) is 0 Å². The Hall–Kier alpha value is -2.33. The molecule has 0 spiro atoms. The van der Waals surface area contributed by atoms with E-state index in [-0.39, 0.29) is 6.03 Å². The van der Waals surface area contributed by atoms with E-state index < -0.39 is 0 Å². The minimum Gasteiger partial charge on any atom is -0.337 e. The molecule has 130 valence electrons. The number of hydrogen-bond donors (Lipinski definition) is 2. The topological polar surface area (TPSA) is 44.4 Å². The number of amides is 2. The molecule has 2 amide bonds. The Labute approximate surface area is 149 Å². The van der Waals surface area contributed by atoms with Gasteiger partial charge in [0.2, 0.25) is 0 Å². The molecule has 0 saturated carbocycles. The van der Waals surface area contributed by atoms with Crippen molar-refractivity contribution in [3.8, 4) is 11.1 Å². The molecule has 3 aliphatic heterocycles. The zero-order valence-electron chi connectivity index (χ0n) is 14.5. The summed E-state index contributed by atoms with van der Waals surface area (Å²) in [7, 11) is 0. The van der Waals surface area contributed by atoms with Crippen LogP contribution in [0.15, 0.2) is 54.6 Å². The number of piperidine rings is 3. The number of benzene rings is 2. The van der Waals surface area contributed by atoms with Crippen LogP contribution in [0.3, 0.4) is 0 Å². The van der Waals surface area contributed by atoms with Crippen molar-refractivity contribution in [2.75, 3.05) is 31.5 Å². The van der Waals surface area contributed by atoms with Gasteiger partial charge in [0.1, 0.15) is 0 Å². The first-order chi connectivity index (χ1) is 12.2. The summed E-state index contributed by atoms with van der Waals surface area (Å²) in [6, 6.07) is 18.0. The maximum atomic E-state index is 12.5. The average Bonchev–Trinajstić information content (AvgIpc) is 2.69. The van der Waals surface area contributed by atoms with Gasteiger partial charge in [0.05, 0.1) is 5.69 Å². The van der Waals surface area contributed by atoms with Crippen molar-refractivity contribution >= 4 is 11.7 Å². The third kappa shape index (κ3) is 3.54. The predicted octanol–water partition coefficient (Wildman–Crippen LogP) is 3.96. The Balaban J connectivity index is 1.41. The van der Waals surface area contributed by atoms with Crippen molar-refractivity contribution in [3.05, 3.63) is 54.6 Å². The lowest BCUT2D eigenvalue weighted by Gasteiger charge is -2.48. The molecule has 0 atom stereocenters. The second-order valence-electron chi connectivity index (χ2n) is 7.31. The molecule has 2 bridgehead atoms. The van der Waals surface area contributed by atoms with E-state index in [1.54, 1.807) is 0 Å². The molecule has 3 saturated heterocycles.